The van der Waals surface area contributed by atoms with Gasteiger partial charge in [0.15, 0.2) is 0 Å². The molecule has 110 valence electrons. The molecule has 0 saturated heterocycles. The lowest BCUT2D eigenvalue weighted by Gasteiger charge is -2.07. The normalized spacial score (nSPS) is 12.7. The molecule has 0 aliphatic carbocycles. The molecular formula is C11H7Cl3F3NO2. The van der Waals surface area contributed by atoms with Crippen molar-refractivity contribution in [3.8, 4) is 0 Å². The van der Waals surface area contributed by atoms with E-state index in [4.69, 9.17) is 34.8 Å². The fourth-order valence-electron chi connectivity index (χ4n) is 1.10. The van der Waals surface area contributed by atoms with Gasteiger partial charge in [0.25, 0.3) is 0 Å². The Hall–Kier alpha value is -0.980. The third-order valence-corrected chi connectivity index (χ3v) is 2.84. The number of halogens is 6. The van der Waals surface area contributed by atoms with E-state index in [1.165, 1.54) is 0 Å². The van der Waals surface area contributed by atoms with Gasteiger partial charge in [-0.15, -0.1) is 11.6 Å². The van der Waals surface area contributed by atoms with Crippen molar-refractivity contribution in [1.29, 1.82) is 0 Å². The van der Waals surface area contributed by atoms with Crippen molar-refractivity contribution in [3.63, 3.8) is 0 Å². The molecule has 1 rings (SSSR count). The highest BCUT2D eigenvalue weighted by atomic mass is 35.5. The van der Waals surface area contributed by atoms with Gasteiger partial charge in [-0.2, -0.15) is 13.2 Å². The highest BCUT2D eigenvalue weighted by molar-refractivity contribution is 6.56. The Balaban J connectivity index is 2.89. The lowest BCUT2D eigenvalue weighted by molar-refractivity contribution is -0.137. The van der Waals surface area contributed by atoms with E-state index in [0.29, 0.717) is 6.07 Å². The predicted molar refractivity (Wildman–Crippen MR) is 70.5 cm³/mol. The van der Waals surface area contributed by atoms with Crippen LogP contribution in [0.25, 0.3) is 0 Å². The second-order valence-corrected chi connectivity index (χ2v) is 4.84. The van der Waals surface area contributed by atoms with E-state index >= 15 is 0 Å². The smallest absolute Gasteiger partial charge is 0.313 e. The van der Waals surface area contributed by atoms with E-state index < -0.39 is 22.5 Å². The molecule has 0 aliphatic heterocycles. The average Bonchev–Trinajstić information content (AvgIpc) is 2.38. The first-order valence-corrected chi connectivity index (χ1v) is 6.46. The van der Waals surface area contributed by atoms with Crippen molar-refractivity contribution in [2.75, 3.05) is 5.88 Å². The first-order chi connectivity index (χ1) is 9.25. The fourth-order valence-corrected chi connectivity index (χ4v) is 1.69. The number of alkyl halides is 6. The summed E-state index contributed by atoms with van der Waals surface area (Å²) in [4.78, 5) is 14.9. The van der Waals surface area contributed by atoms with Gasteiger partial charge in [0.1, 0.15) is 10.5 Å². The van der Waals surface area contributed by atoms with Gasteiger partial charge in [-0.25, -0.2) is 4.79 Å². The second-order valence-electron chi connectivity index (χ2n) is 3.47. The molecule has 0 aromatic heterocycles. The van der Waals surface area contributed by atoms with Crippen LogP contribution < -0.4 is 0 Å². The van der Waals surface area contributed by atoms with E-state index in [1.807, 2.05) is 0 Å². The Labute approximate surface area is 127 Å². The highest BCUT2D eigenvalue weighted by Crippen LogP contribution is 2.29. The molecule has 0 fully saturated rings. The first-order valence-electron chi connectivity index (χ1n) is 5.05. The van der Waals surface area contributed by atoms with Gasteiger partial charge < -0.3 is 4.84 Å². The van der Waals surface area contributed by atoms with Crippen LogP contribution in [0.15, 0.2) is 29.4 Å². The van der Waals surface area contributed by atoms with Gasteiger partial charge in [0.05, 0.1) is 17.0 Å². The summed E-state index contributed by atoms with van der Waals surface area (Å²) in [5, 5.41) is 3.30. The van der Waals surface area contributed by atoms with Crippen molar-refractivity contribution in [2.45, 2.75) is 11.0 Å². The molecule has 0 aliphatic rings. The zero-order valence-electron chi connectivity index (χ0n) is 9.63. The van der Waals surface area contributed by atoms with Crippen LogP contribution in [-0.4, -0.2) is 22.4 Å². The molecule has 0 radical (unpaired) electrons. The van der Waals surface area contributed by atoms with Gasteiger partial charge in [-0.1, -0.05) is 34.4 Å². The topological polar surface area (TPSA) is 38.7 Å². The molecule has 0 atom stereocenters. The number of benzene rings is 1. The van der Waals surface area contributed by atoms with Crippen molar-refractivity contribution in [1.82, 2.24) is 0 Å². The number of rotatable bonds is 4. The molecule has 0 spiro atoms. The summed E-state index contributed by atoms with van der Waals surface area (Å²) in [7, 11) is 0. The Morgan fingerprint density at radius 2 is 2.00 bits per heavy atom. The predicted octanol–water partition coefficient (Wildman–Crippen LogP) is 4.26. The molecule has 0 unspecified atom stereocenters. The van der Waals surface area contributed by atoms with E-state index in [1.54, 1.807) is 0 Å². The quantitative estimate of drug-likeness (QED) is 0.353. The molecule has 0 saturated carbocycles. The number of oxime groups is 1. The lowest BCUT2D eigenvalue weighted by atomic mass is 10.1. The van der Waals surface area contributed by atoms with Crippen LogP contribution in [0.5, 0.6) is 0 Å². The van der Waals surface area contributed by atoms with Gasteiger partial charge in [0.2, 0.25) is 0 Å². The molecule has 1 aromatic rings. The largest absolute Gasteiger partial charge is 0.416 e. The Morgan fingerprint density at radius 1 is 1.35 bits per heavy atom. The minimum absolute atomic E-state index is 0.0321. The van der Waals surface area contributed by atoms with Crippen molar-refractivity contribution < 1.29 is 22.8 Å². The van der Waals surface area contributed by atoms with Gasteiger partial charge >= 0.3 is 12.1 Å². The number of carbonyl (C=O) groups excluding carboxylic acids is 1. The summed E-state index contributed by atoms with van der Waals surface area (Å²) in [5.41, 5.74) is -1.31. The van der Waals surface area contributed by atoms with Crippen molar-refractivity contribution in [2.24, 2.45) is 5.16 Å². The minimum Gasteiger partial charge on any atom is -0.313 e. The number of carbonyl (C=O) groups is 1. The molecule has 1 aromatic carbocycles. The van der Waals surface area contributed by atoms with Gasteiger partial charge in [-0.05, 0) is 18.2 Å². The monoisotopic (exact) mass is 347 g/mol. The summed E-state index contributed by atoms with van der Waals surface area (Å²) in [6, 6.07) is 3.72. The second kappa shape index (κ2) is 7.15. The summed E-state index contributed by atoms with van der Waals surface area (Å²) in [5.74, 6) is -1.26. The SMILES string of the molecule is O=C(ON=C(CCl)C(Cl)Cl)c1cccc(C(F)(F)F)c1. The number of hydrogen-bond donors (Lipinski definition) is 0. The Bertz CT molecular complexity index is 518. The van der Waals surface area contributed by atoms with Gasteiger partial charge in [-0.3, -0.25) is 0 Å². The maximum absolute atomic E-state index is 12.5. The van der Waals surface area contributed by atoms with Crippen LogP contribution in [0, 0.1) is 0 Å². The molecule has 0 amide bonds. The third kappa shape index (κ3) is 4.85. The highest BCUT2D eigenvalue weighted by Gasteiger charge is 2.31. The standard InChI is InChI=1S/C11H7Cl3F3NO2/c12-5-8(9(13)14)18-20-10(19)6-2-1-3-7(4-6)11(15,16)17/h1-4,9H,5H2. The van der Waals surface area contributed by atoms with Crippen molar-refractivity contribution in [3.05, 3.63) is 35.4 Å². The molecular weight excluding hydrogens is 341 g/mol. The van der Waals surface area contributed by atoms with E-state index in [-0.39, 0.29) is 17.2 Å². The van der Waals surface area contributed by atoms with E-state index in [2.05, 4.69) is 9.99 Å². The summed E-state index contributed by atoms with van der Waals surface area (Å²) in [6.45, 7) is 0. The van der Waals surface area contributed by atoms with Gasteiger partial charge in [0, 0.05) is 0 Å². The Kier molecular flexibility index (Phi) is 6.10. The van der Waals surface area contributed by atoms with Crippen LogP contribution in [0.4, 0.5) is 13.2 Å². The van der Waals surface area contributed by atoms with Crippen LogP contribution in [0.2, 0.25) is 0 Å². The van der Waals surface area contributed by atoms with Crippen molar-refractivity contribution >= 4 is 46.5 Å². The number of nitrogens with zero attached hydrogens (tertiary/aromatic N) is 1. The third-order valence-electron chi connectivity index (χ3n) is 2.06. The zero-order chi connectivity index (χ0) is 15.3. The zero-order valence-corrected chi connectivity index (χ0v) is 11.9. The fraction of sp³-hybridized carbons (Fsp3) is 0.273. The van der Waals surface area contributed by atoms with E-state index in [9.17, 15) is 18.0 Å². The van der Waals surface area contributed by atoms with Crippen LogP contribution in [0.3, 0.4) is 0 Å². The first kappa shape index (κ1) is 17.1. The molecule has 0 N–H and O–H groups in total. The molecule has 9 heteroatoms. The maximum Gasteiger partial charge on any atom is 0.416 e. The lowest BCUT2D eigenvalue weighted by Crippen LogP contribution is -2.13. The summed E-state index contributed by atoms with van der Waals surface area (Å²) in [6.07, 6.45) is -4.56. The van der Waals surface area contributed by atoms with E-state index in [0.717, 1.165) is 18.2 Å². The van der Waals surface area contributed by atoms with Crippen LogP contribution >= 0.6 is 34.8 Å². The number of hydrogen-bond acceptors (Lipinski definition) is 3. The molecule has 0 heterocycles. The van der Waals surface area contributed by atoms with Crippen LogP contribution in [-0.2, 0) is 11.0 Å². The maximum atomic E-state index is 12.5. The molecule has 20 heavy (non-hydrogen) atoms. The summed E-state index contributed by atoms with van der Waals surface area (Å²) < 4.78 is 37.4. The summed E-state index contributed by atoms with van der Waals surface area (Å²) >= 11 is 16.4. The average molecular weight is 349 g/mol. The van der Waals surface area contributed by atoms with Crippen LogP contribution in [0.1, 0.15) is 15.9 Å². The Morgan fingerprint density at radius 3 is 2.50 bits per heavy atom. The minimum atomic E-state index is -4.56. The molecule has 0 bridgehead atoms. The molecule has 3 nitrogen and oxygen atoms in total.